The van der Waals surface area contributed by atoms with Crippen molar-refractivity contribution in [1.29, 1.82) is 0 Å². The number of hydrogen-bond acceptors (Lipinski definition) is 4. The fraction of sp³-hybridized carbons (Fsp3) is 0.400. The average molecular weight is 321 g/mol. The van der Waals surface area contributed by atoms with Crippen LogP contribution in [0, 0.1) is 0 Å². The molecule has 5 heteroatoms. The van der Waals surface area contributed by atoms with Crippen molar-refractivity contribution < 1.29 is 26.2 Å². The van der Waals surface area contributed by atoms with Gasteiger partial charge in [-0.05, 0) is 0 Å². The molecule has 0 fully saturated rings. The minimum atomic E-state index is 0.0806. The molecule has 1 rings (SSSR count). The predicted molar refractivity (Wildman–Crippen MR) is 30.3 cm³/mol. The Morgan fingerprint density at radius 2 is 2.30 bits per heavy atom. The molecule has 0 unspecified atom stereocenters. The third-order valence-electron chi connectivity index (χ3n) is 0.909. The van der Waals surface area contributed by atoms with Gasteiger partial charge in [-0.2, -0.15) is 0 Å². The van der Waals surface area contributed by atoms with E-state index < -0.39 is 0 Å². The first kappa shape index (κ1) is 7.81. The Hall–Kier alpha value is -0.290. The van der Waals surface area contributed by atoms with E-state index in [-0.39, 0.29) is 6.61 Å². The van der Waals surface area contributed by atoms with E-state index in [4.69, 9.17) is 5.11 Å². The molecule has 0 atom stereocenters. The number of aliphatic hydroxyl groups is 1. The molecule has 0 aromatic carbocycles. The number of aliphatic hydroxyl groups excluding tert-OH is 1. The van der Waals surface area contributed by atoms with Gasteiger partial charge in [-0.25, -0.2) is 0 Å². The van der Waals surface area contributed by atoms with Crippen molar-refractivity contribution in [2.75, 3.05) is 6.61 Å². The van der Waals surface area contributed by atoms with Crippen LogP contribution in [0.5, 0.6) is 0 Å². The van der Waals surface area contributed by atoms with E-state index in [9.17, 15) is 0 Å². The first-order valence-electron chi connectivity index (χ1n) is 2.73. The van der Waals surface area contributed by atoms with Crippen molar-refractivity contribution in [3.63, 3.8) is 0 Å². The van der Waals surface area contributed by atoms with Crippen molar-refractivity contribution in [3.05, 3.63) is 12.2 Å². The van der Waals surface area contributed by atoms with E-state index in [1.165, 1.54) is 6.33 Å². The Kier molecular flexibility index (Phi) is 2.95. The summed E-state index contributed by atoms with van der Waals surface area (Å²) in [5.74, 6) is 0.634. The summed E-state index contributed by atoms with van der Waals surface area (Å²) in [6.07, 6.45) is 1.93. The number of aromatic nitrogens is 3. The summed E-state index contributed by atoms with van der Waals surface area (Å²) in [5.41, 5.74) is 0. The summed E-state index contributed by atoms with van der Waals surface area (Å²) in [6.45, 7) is 0.0806. The fourth-order valence-corrected chi connectivity index (χ4v) is 0.918. The minimum absolute atomic E-state index is 0.0806. The van der Waals surface area contributed by atoms with Crippen molar-refractivity contribution in [3.8, 4) is 0 Å². The van der Waals surface area contributed by atoms with Crippen LogP contribution in [-0.4, -0.2) is 26.7 Å². The molecule has 10 heavy (non-hydrogen) atoms. The first-order valence-corrected chi connectivity index (χ1v) is 3.81. The van der Waals surface area contributed by atoms with E-state index in [2.05, 4.69) is 36.0 Å². The average Bonchev–Trinajstić information content (AvgIpc) is 1.88. The fourth-order valence-electron chi connectivity index (χ4n) is 0.514. The predicted octanol–water partition coefficient (Wildman–Crippen LogP) is -1.42. The van der Waals surface area contributed by atoms with Crippen LogP contribution in [-0.2, 0) is 27.5 Å². The Balaban J connectivity index is 2.75. The van der Waals surface area contributed by atoms with Crippen LogP contribution in [0.15, 0.2) is 6.33 Å². The molecule has 0 amide bonds. The van der Waals surface area contributed by atoms with Crippen LogP contribution < -0.4 is 4.04 Å². The Bertz CT molecular complexity index is 218. The Labute approximate surface area is 70.6 Å². The van der Waals surface area contributed by atoms with Gasteiger partial charge in [-0.1, -0.05) is 0 Å². The molecule has 1 aromatic heterocycles. The van der Waals surface area contributed by atoms with Gasteiger partial charge in [0.15, 0.2) is 0 Å². The summed E-state index contributed by atoms with van der Waals surface area (Å²) in [6, 6.07) is 0. The van der Waals surface area contributed by atoms with Crippen LogP contribution in [0.1, 0.15) is 5.82 Å². The molecular formula is C5H6AuN3O. The van der Waals surface area contributed by atoms with E-state index in [0.29, 0.717) is 16.3 Å². The van der Waals surface area contributed by atoms with E-state index in [1.807, 2.05) is 0 Å². The van der Waals surface area contributed by atoms with Crippen molar-refractivity contribution in [1.82, 2.24) is 15.0 Å². The zero-order valence-electron chi connectivity index (χ0n) is 5.08. The second-order valence-electron chi connectivity index (χ2n) is 1.61. The standard InChI is InChI=1S/C5H6N3O.Au/c9-2-1-5-7-3-6-4-8-5;/h3,9H,1-2H2;. The molecule has 0 aliphatic heterocycles. The molecule has 0 bridgehead atoms. The topological polar surface area (TPSA) is 58.9 Å². The van der Waals surface area contributed by atoms with E-state index >= 15 is 0 Å². The number of nitrogens with zero attached hydrogens (tertiary/aromatic N) is 3. The van der Waals surface area contributed by atoms with Gasteiger partial charge in [0, 0.05) is 0 Å². The molecule has 0 saturated carbocycles. The third-order valence-corrected chi connectivity index (χ3v) is 1.43. The molecule has 4 nitrogen and oxygen atoms in total. The molecular weight excluding hydrogens is 315 g/mol. The number of rotatable bonds is 2. The van der Waals surface area contributed by atoms with Crippen molar-refractivity contribution >= 4 is 4.04 Å². The second kappa shape index (κ2) is 3.78. The van der Waals surface area contributed by atoms with Gasteiger partial charge in [0.1, 0.15) is 0 Å². The summed E-state index contributed by atoms with van der Waals surface area (Å²) < 4.78 is 0.637. The Morgan fingerprint density at radius 1 is 1.50 bits per heavy atom. The number of hydrogen-bond donors (Lipinski definition) is 1. The maximum absolute atomic E-state index is 8.51. The van der Waals surface area contributed by atoms with Crippen LogP contribution in [0.3, 0.4) is 0 Å². The van der Waals surface area contributed by atoms with Crippen LogP contribution >= 0.6 is 0 Å². The summed E-state index contributed by atoms with van der Waals surface area (Å²) in [4.78, 5) is 11.6. The molecule has 0 aliphatic rings. The maximum atomic E-state index is 8.51. The molecule has 1 N–H and O–H groups in total. The van der Waals surface area contributed by atoms with Gasteiger partial charge < -0.3 is 0 Å². The summed E-state index contributed by atoms with van der Waals surface area (Å²) in [7, 11) is 0. The monoisotopic (exact) mass is 321 g/mol. The van der Waals surface area contributed by atoms with Gasteiger partial charge in [0.05, 0.1) is 0 Å². The normalized spacial score (nSPS) is 9.90. The van der Waals surface area contributed by atoms with Gasteiger partial charge >= 0.3 is 70.3 Å². The second-order valence-corrected chi connectivity index (χ2v) is 2.58. The summed E-state index contributed by atoms with van der Waals surface area (Å²) >= 11 is 2.18. The van der Waals surface area contributed by atoms with Gasteiger partial charge in [0.25, 0.3) is 0 Å². The Morgan fingerprint density at radius 3 is 2.90 bits per heavy atom. The van der Waals surface area contributed by atoms with Gasteiger partial charge in [0.2, 0.25) is 0 Å². The molecule has 0 aliphatic carbocycles. The van der Waals surface area contributed by atoms with Gasteiger partial charge in [-0.3, -0.25) is 0 Å². The molecule has 1 heterocycles. The van der Waals surface area contributed by atoms with Crippen LogP contribution in [0.4, 0.5) is 0 Å². The first-order chi connectivity index (χ1) is 4.83. The van der Waals surface area contributed by atoms with Crippen molar-refractivity contribution in [2.24, 2.45) is 0 Å². The van der Waals surface area contributed by atoms with Crippen LogP contribution in [0.25, 0.3) is 0 Å². The summed E-state index contributed by atoms with van der Waals surface area (Å²) in [5, 5.41) is 8.51. The third kappa shape index (κ3) is 2.15. The van der Waals surface area contributed by atoms with Crippen LogP contribution in [0.2, 0.25) is 0 Å². The molecule has 1 aromatic rings. The molecule has 58 valence electrons. The molecule has 0 radical (unpaired) electrons. The quantitative estimate of drug-likeness (QED) is 0.679. The SMILES string of the molecule is OCCc1ncn[c]([Au])n1. The zero-order valence-corrected chi connectivity index (χ0v) is 7.25. The van der Waals surface area contributed by atoms with E-state index in [0.717, 1.165) is 0 Å². The molecule has 0 spiro atoms. The van der Waals surface area contributed by atoms with Gasteiger partial charge in [-0.15, -0.1) is 0 Å². The van der Waals surface area contributed by atoms with Crippen molar-refractivity contribution in [2.45, 2.75) is 6.42 Å². The van der Waals surface area contributed by atoms with E-state index in [1.54, 1.807) is 0 Å². The zero-order chi connectivity index (χ0) is 7.40. The molecule has 0 saturated heterocycles.